The van der Waals surface area contributed by atoms with Crippen molar-refractivity contribution in [3.8, 4) is 0 Å². The fraction of sp³-hybridized carbons (Fsp3) is 0.150. The third-order valence-corrected chi connectivity index (χ3v) is 3.76. The van der Waals surface area contributed by atoms with Crippen LogP contribution in [-0.2, 0) is 13.0 Å². The van der Waals surface area contributed by atoms with Gasteiger partial charge in [-0.2, -0.15) is 0 Å². The molecule has 5 nitrogen and oxygen atoms in total. The molecule has 1 heterocycles. The van der Waals surface area contributed by atoms with Gasteiger partial charge in [-0.25, -0.2) is 0 Å². The van der Waals surface area contributed by atoms with Crippen LogP contribution in [0.1, 0.15) is 21.6 Å². The summed E-state index contributed by atoms with van der Waals surface area (Å²) in [6.45, 7) is 1.23. The molecule has 126 valence electrons. The Labute approximate surface area is 147 Å². The molecule has 25 heavy (non-hydrogen) atoms. The first-order valence-electron chi connectivity index (χ1n) is 8.25. The van der Waals surface area contributed by atoms with E-state index in [0.717, 1.165) is 18.5 Å². The molecule has 1 aromatic heterocycles. The molecule has 3 rings (SSSR count). The lowest BCUT2D eigenvalue weighted by atomic mass is 10.1. The van der Waals surface area contributed by atoms with Crippen LogP contribution >= 0.6 is 0 Å². The molecular weight excluding hydrogens is 312 g/mol. The minimum absolute atomic E-state index is 0.229. The van der Waals surface area contributed by atoms with Crippen LogP contribution in [0.15, 0.2) is 72.8 Å². The van der Waals surface area contributed by atoms with E-state index in [4.69, 9.17) is 0 Å². The molecule has 0 aliphatic rings. The average Bonchev–Trinajstić information content (AvgIpc) is 2.68. The number of anilines is 1. The van der Waals surface area contributed by atoms with Gasteiger partial charge >= 0.3 is 0 Å². The smallest absolute Gasteiger partial charge is 0.272 e. The van der Waals surface area contributed by atoms with E-state index in [0.29, 0.717) is 18.1 Å². The van der Waals surface area contributed by atoms with Gasteiger partial charge in [-0.1, -0.05) is 60.7 Å². The SMILES string of the molecule is O=C(NCc1ccccc1)c1ccc(NCCc2ccccc2)nn1. The van der Waals surface area contributed by atoms with E-state index in [2.05, 4.69) is 33.0 Å². The molecule has 2 N–H and O–H groups in total. The Morgan fingerprint density at radius 2 is 1.48 bits per heavy atom. The van der Waals surface area contributed by atoms with Crippen molar-refractivity contribution in [2.45, 2.75) is 13.0 Å². The van der Waals surface area contributed by atoms with Crippen molar-refractivity contribution < 1.29 is 4.79 Å². The summed E-state index contributed by atoms with van der Waals surface area (Å²) in [6.07, 6.45) is 0.905. The fourth-order valence-corrected chi connectivity index (χ4v) is 2.40. The van der Waals surface area contributed by atoms with Gasteiger partial charge in [-0.3, -0.25) is 4.79 Å². The van der Waals surface area contributed by atoms with Crippen molar-refractivity contribution in [3.63, 3.8) is 0 Å². The summed E-state index contributed by atoms with van der Waals surface area (Å²) in [7, 11) is 0. The lowest BCUT2D eigenvalue weighted by Gasteiger charge is -2.07. The van der Waals surface area contributed by atoms with Crippen molar-refractivity contribution in [1.82, 2.24) is 15.5 Å². The quantitative estimate of drug-likeness (QED) is 0.698. The maximum absolute atomic E-state index is 12.1. The molecule has 5 heteroatoms. The number of rotatable bonds is 7. The van der Waals surface area contributed by atoms with Gasteiger partial charge < -0.3 is 10.6 Å². The highest BCUT2D eigenvalue weighted by Crippen LogP contribution is 2.05. The first-order chi connectivity index (χ1) is 12.3. The minimum atomic E-state index is -0.229. The van der Waals surface area contributed by atoms with Crippen LogP contribution in [-0.4, -0.2) is 22.6 Å². The van der Waals surface area contributed by atoms with E-state index in [1.54, 1.807) is 12.1 Å². The van der Waals surface area contributed by atoms with Gasteiger partial charge in [0, 0.05) is 13.1 Å². The number of benzene rings is 2. The summed E-state index contributed by atoms with van der Waals surface area (Å²) in [5.41, 5.74) is 2.62. The molecule has 2 aromatic carbocycles. The Kier molecular flexibility index (Phi) is 5.72. The van der Waals surface area contributed by atoms with Gasteiger partial charge in [0.2, 0.25) is 0 Å². The van der Waals surface area contributed by atoms with Crippen LogP contribution in [0.5, 0.6) is 0 Å². The second-order valence-corrected chi connectivity index (χ2v) is 5.63. The number of nitrogens with one attached hydrogen (secondary N) is 2. The number of aromatic nitrogens is 2. The van der Waals surface area contributed by atoms with Crippen LogP contribution in [0.3, 0.4) is 0 Å². The molecule has 0 aliphatic heterocycles. The van der Waals surface area contributed by atoms with Crippen LogP contribution in [0.4, 0.5) is 5.82 Å². The summed E-state index contributed by atoms with van der Waals surface area (Å²) in [5.74, 6) is 0.433. The van der Waals surface area contributed by atoms with E-state index in [-0.39, 0.29) is 5.91 Å². The molecule has 0 bridgehead atoms. The normalized spacial score (nSPS) is 10.2. The molecule has 0 spiro atoms. The second kappa shape index (κ2) is 8.59. The number of nitrogens with zero attached hydrogens (tertiary/aromatic N) is 2. The summed E-state index contributed by atoms with van der Waals surface area (Å²) in [4.78, 5) is 12.1. The highest BCUT2D eigenvalue weighted by molar-refractivity contribution is 5.92. The van der Waals surface area contributed by atoms with Crippen molar-refractivity contribution in [2.24, 2.45) is 0 Å². The van der Waals surface area contributed by atoms with Crippen LogP contribution in [0.25, 0.3) is 0 Å². The number of amides is 1. The van der Waals surface area contributed by atoms with Crippen LogP contribution in [0, 0.1) is 0 Å². The molecule has 1 amide bonds. The van der Waals surface area contributed by atoms with Gasteiger partial charge in [-0.05, 0) is 29.7 Å². The molecule has 0 radical (unpaired) electrons. The molecular formula is C20H20N4O. The highest BCUT2D eigenvalue weighted by atomic mass is 16.1. The van der Waals surface area contributed by atoms with Crippen LogP contribution < -0.4 is 10.6 Å². The van der Waals surface area contributed by atoms with Gasteiger partial charge in [0.05, 0.1) is 0 Å². The number of hydrogen-bond donors (Lipinski definition) is 2. The third-order valence-electron chi connectivity index (χ3n) is 3.76. The van der Waals surface area contributed by atoms with E-state index in [1.807, 2.05) is 48.5 Å². The topological polar surface area (TPSA) is 66.9 Å². The van der Waals surface area contributed by atoms with Crippen molar-refractivity contribution in [1.29, 1.82) is 0 Å². The maximum atomic E-state index is 12.1. The van der Waals surface area contributed by atoms with E-state index >= 15 is 0 Å². The van der Waals surface area contributed by atoms with Crippen LogP contribution in [0.2, 0.25) is 0 Å². The molecule has 0 fully saturated rings. The summed E-state index contributed by atoms with van der Waals surface area (Å²) >= 11 is 0. The van der Waals surface area contributed by atoms with Crippen molar-refractivity contribution >= 4 is 11.7 Å². The Morgan fingerprint density at radius 3 is 2.12 bits per heavy atom. The first-order valence-corrected chi connectivity index (χ1v) is 8.25. The van der Waals surface area contributed by atoms with Crippen molar-refractivity contribution in [3.05, 3.63) is 89.6 Å². The molecule has 3 aromatic rings. The third kappa shape index (κ3) is 5.14. The number of hydrogen-bond acceptors (Lipinski definition) is 4. The Bertz CT molecular complexity index is 789. The zero-order valence-corrected chi connectivity index (χ0v) is 13.9. The van der Waals surface area contributed by atoms with E-state index < -0.39 is 0 Å². The number of carbonyl (C=O) groups is 1. The van der Waals surface area contributed by atoms with E-state index in [1.165, 1.54) is 5.56 Å². The summed E-state index contributed by atoms with van der Waals surface area (Å²) < 4.78 is 0. The van der Waals surface area contributed by atoms with Gasteiger partial charge in [-0.15, -0.1) is 10.2 Å². The second-order valence-electron chi connectivity index (χ2n) is 5.63. The lowest BCUT2D eigenvalue weighted by Crippen LogP contribution is -2.24. The average molecular weight is 332 g/mol. The molecule has 0 saturated carbocycles. The maximum Gasteiger partial charge on any atom is 0.272 e. The summed E-state index contributed by atoms with van der Waals surface area (Å²) in [5, 5.41) is 14.1. The molecule has 0 atom stereocenters. The number of carbonyl (C=O) groups excluding carboxylic acids is 1. The molecule has 0 unspecified atom stereocenters. The zero-order valence-electron chi connectivity index (χ0n) is 13.9. The Hall–Kier alpha value is -3.21. The standard InChI is InChI=1S/C20H20N4O/c25-20(22-15-17-9-5-2-6-10-17)18-11-12-19(24-23-18)21-14-13-16-7-3-1-4-8-16/h1-12H,13-15H2,(H,21,24)(H,22,25). The monoisotopic (exact) mass is 332 g/mol. The lowest BCUT2D eigenvalue weighted by molar-refractivity contribution is 0.0945. The largest absolute Gasteiger partial charge is 0.368 e. The van der Waals surface area contributed by atoms with E-state index in [9.17, 15) is 4.79 Å². The Balaban J connectivity index is 1.47. The van der Waals surface area contributed by atoms with Gasteiger partial charge in [0.1, 0.15) is 5.82 Å². The first kappa shape index (κ1) is 16.6. The predicted octanol–water partition coefficient (Wildman–Crippen LogP) is 3.06. The predicted molar refractivity (Wildman–Crippen MR) is 98.3 cm³/mol. The highest BCUT2D eigenvalue weighted by Gasteiger charge is 2.07. The van der Waals surface area contributed by atoms with Gasteiger partial charge in [0.25, 0.3) is 5.91 Å². The zero-order chi connectivity index (χ0) is 17.3. The van der Waals surface area contributed by atoms with Gasteiger partial charge in [0.15, 0.2) is 5.69 Å². The summed E-state index contributed by atoms with van der Waals surface area (Å²) in [6, 6.07) is 23.4. The minimum Gasteiger partial charge on any atom is -0.368 e. The fourth-order valence-electron chi connectivity index (χ4n) is 2.40. The molecule has 0 aliphatic carbocycles. The Morgan fingerprint density at radius 1 is 0.800 bits per heavy atom. The molecule has 0 saturated heterocycles. The van der Waals surface area contributed by atoms with Crippen molar-refractivity contribution in [2.75, 3.05) is 11.9 Å².